The third-order valence-electron chi connectivity index (χ3n) is 3.26. The second kappa shape index (κ2) is 5.04. The molecule has 0 bridgehead atoms. The van der Waals surface area contributed by atoms with Crippen molar-refractivity contribution in [3.63, 3.8) is 0 Å². The van der Waals surface area contributed by atoms with Crippen molar-refractivity contribution in [1.82, 2.24) is 4.90 Å². The number of amides is 1. The smallest absolute Gasteiger partial charge is 0.323 e. The largest absolute Gasteiger partial charge is 0.480 e. The minimum absolute atomic E-state index is 0.120. The highest BCUT2D eigenvalue weighted by atomic mass is 16.4. The van der Waals surface area contributed by atoms with Crippen molar-refractivity contribution in [3.8, 4) is 0 Å². The zero-order valence-electron chi connectivity index (χ0n) is 10.8. The summed E-state index contributed by atoms with van der Waals surface area (Å²) in [5.41, 5.74) is 5.41. The predicted octanol–water partition coefficient (Wildman–Crippen LogP) is 0.825. The fraction of sp³-hybridized carbons (Fsp3) is 0.833. The first-order valence-electron chi connectivity index (χ1n) is 6.02. The molecule has 0 heterocycles. The van der Waals surface area contributed by atoms with Crippen LogP contribution in [0.4, 0.5) is 0 Å². The van der Waals surface area contributed by atoms with Crippen LogP contribution in [0.25, 0.3) is 0 Å². The van der Waals surface area contributed by atoms with Gasteiger partial charge in [0.15, 0.2) is 0 Å². The van der Waals surface area contributed by atoms with Gasteiger partial charge in [-0.25, -0.2) is 0 Å². The lowest BCUT2D eigenvalue weighted by Gasteiger charge is -2.37. The van der Waals surface area contributed by atoms with Gasteiger partial charge in [-0.15, -0.1) is 0 Å². The summed E-state index contributed by atoms with van der Waals surface area (Å²) in [6.45, 7) is 5.27. The molecular weight excluding hydrogens is 220 g/mol. The van der Waals surface area contributed by atoms with E-state index in [1.807, 2.05) is 20.8 Å². The van der Waals surface area contributed by atoms with Crippen molar-refractivity contribution in [2.45, 2.75) is 51.6 Å². The third kappa shape index (κ3) is 3.43. The van der Waals surface area contributed by atoms with Crippen LogP contribution in [0.2, 0.25) is 0 Å². The van der Waals surface area contributed by atoms with Gasteiger partial charge in [0.2, 0.25) is 5.91 Å². The molecule has 5 nitrogen and oxygen atoms in total. The topological polar surface area (TPSA) is 83.6 Å². The fourth-order valence-corrected chi connectivity index (χ4v) is 2.28. The van der Waals surface area contributed by atoms with Gasteiger partial charge >= 0.3 is 5.97 Å². The van der Waals surface area contributed by atoms with E-state index in [4.69, 9.17) is 10.8 Å². The van der Waals surface area contributed by atoms with Gasteiger partial charge in [0.25, 0.3) is 0 Å². The zero-order valence-corrected chi connectivity index (χ0v) is 10.8. The second-order valence-electron chi connectivity index (χ2n) is 5.69. The van der Waals surface area contributed by atoms with Crippen molar-refractivity contribution in [1.29, 1.82) is 0 Å². The van der Waals surface area contributed by atoms with E-state index in [1.54, 1.807) is 0 Å². The van der Waals surface area contributed by atoms with Crippen molar-refractivity contribution in [2.75, 3.05) is 6.54 Å². The molecule has 0 aromatic carbocycles. The van der Waals surface area contributed by atoms with Crippen LogP contribution in [0.5, 0.6) is 0 Å². The Hall–Kier alpha value is -1.10. The fourth-order valence-electron chi connectivity index (χ4n) is 2.28. The lowest BCUT2D eigenvalue weighted by molar-refractivity contribution is -0.150. The van der Waals surface area contributed by atoms with Crippen LogP contribution in [-0.2, 0) is 9.59 Å². The number of carbonyl (C=O) groups is 2. The molecule has 1 saturated carbocycles. The molecule has 0 aromatic rings. The van der Waals surface area contributed by atoms with E-state index in [9.17, 15) is 9.59 Å². The van der Waals surface area contributed by atoms with Crippen LogP contribution in [0.3, 0.4) is 0 Å². The number of nitrogens with zero attached hydrogens (tertiary/aromatic N) is 1. The first kappa shape index (κ1) is 14.0. The van der Waals surface area contributed by atoms with Gasteiger partial charge in [0.05, 0.1) is 5.92 Å². The van der Waals surface area contributed by atoms with E-state index in [-0.39, 0.29) is 24.4 Å². The summed E-state index contributed by atoms with van der Waals surface area (Å²) in [5, 5.41) is 8.88. The number of hydrogen-bond donors (Lipinski definition) is 2. The molecule has 0 spiro atoms. The molecule has 5 heteroatoms. The molecule has 2 atom stereocenters. The maximum absolute atomic E-state index is 12.3. The molecule has 0 aromatic heterocycles. The molecule has 1 aliphatic carbocycles. The molecule has 1 amide bonds. The Morgan fingerprint density at radius 3 is 2.29 bits per heavy atom. The van der Waals surface area contributed by atoms with Gasteiger partial charge in [0.1, 0.15) is 6.54 Å². The highest BCUT2D eigenvalue weighted by Crippen LogP contribution is 2.28. The van der Waals surface area contributed by atoms with Gasteiger partial charge in [-0.3, -0.25) is 9.59 Å². The van der Waals surface area contributed by atoms with Gasteiger partial charge in [0, 0.05) is 11.6 Å². The van der Waals surface area contributed by atoms with Crippen molar-refractivity contribution >= 4 is 11.9 Å². The number of carbonyl (C=O) groups excluding carboxylic acids is 1. The first-order valence-corrected chi connectivity index (χ1v) is 6.02. The predicted molar refractivity (Wildman–Crippen MR) is 64.4 cm³/mol. The SMILES string of the molecule is CC(C)(C)N(CC(=O)O)C(=O)C1CCCC1N. The van der Waals surface area contributed by atoms with E-state index in [0.29, 0.717) is 0 Å². The lowest BCUT2D eigenvalue weighted by Crippen LogP contribution is -2.52. The number of hydrogen-bond acceptors (Lipinski definition) is 3. The molecule has 0 radical (unpaired) electrons. The Bertz CT molecular complexity index is 309. The second-order valence-corrected chi connectivity index (χ2v) is 5.69. The summed E-state index contributed by atoms with van der Waals surface area (Å²) < 4.78 is 0. The lowest BCUT2D eigenvalue weighted by atomic mass is 9.98. The number of nitrogens with two attached hydrogens (primary N) is 1. The Kier molecular flexibility index (Phi) is 4.14. The van der Waals surface area contributed by atoms with E-state index in [2.05, 4.69) is 0 Å². The number of aliphatic carboxylic acids is 1. The minimum Gasteiger partial charge on any atom is -0.480 e. The normalized spacial score (nSPS) is 24.7. The maximum Gasteiger partial charge on any atom is 0.323 e. The van der Waals surface area contributed by atoms with Crippen LogP contribution in [0.1, 0.15) is 40.0 Å². The van der Waals surface area contributed by atoms with Gasteiger partial charge in [-0.05, 0) is 33.6 Å². The maximum atomic E-state index is 12.3. The highest BCUT2D eigenvalue weighted by Gasteiger charge is 2.37. The average Bonchev–Trinajstić information content (AvgIpc) is 2.58. The first-order chi connectivity index (χ1) is 7.73. The Labute approximate surface area is 102 Å². The Morgan fingerprint density at radius 1 is 1.35 bits per heavy atom. The average molecular weight is 242 g/mol. The molecule has 98 valence electrons. The standard InChI is InChI=1S/C12H22N2O3/c1-12(2,3)14(7-10(15)16)11(17)8-5-4-6-9(8)13/h8-9H,4-7,13H2,1-3H3,(H,15,16). The summed E-state index contributed by atoms with van der Waals surface area (Å²) in [6, 6.07) is -0.124. The van der Waals surface area contributed by atoms with Crippen molar-refractivity contribution in [2.24, 2.45) is 11.7 Å². The monoisotopic (exact) mass is 242 g/mol. The molecule has 1 aliphatic rings. The quantitative estimate of drug-likeness (QED) is 0.767. The molecular formula is C12H22N2O3. The molecule has 3 N–H and O–H groups in total. The number of carboxylic acid groups (broad SMARTS) is 1. The summed E-state index contributed by atoms with van der Waals surface area (Å²) in [5.74, 6) is -1.32. The van der Waals surface area contributed by atoms with Gasteiger partial charge in [-0.1, -0.05) is 6.42 Å². The van der Waals surface area contributed by atoms with Crippen LogP contribution in [0, 0.1) is 5.92 Å². The molecule has 17 heavy (non-hydrogen) atoms. The number of carboxylic acids is 1. The molecule has 0 aliphatic heterocycles. The van der Waals surface area contributed by atoms with Crippen molar-refractivity contribution in [3.05, 3.63) is 0 Å². The van der Waals surface area contributed by atoms with Crippen molar-refractivity contribution < 1.29 is 14.7 Å². The van der Waals surface area contributed by atoms with E-state index in [0.717, 1.165) is 19.3 Å². The molecule has 1 rings (SSSR count). The third-order valence-corrected chi connectivity index (χ3v) is 3.26. The van der Waals surface area contributed by atoms with Crippen LogP contribution < -0.4 is 5.73 Å². The summed E-state index contributed by atoms with van der Waals surface area (Å²) in [6.07, 6.45) is 2.57. The van der Waals surface area contributed by atoms with Gasteiger partial charge < -0.3 is 15.7 Å². The molecule has 2 unspecified atom stereocenters. The Balaban J connectivity index is 2.83. The number of rotatable bonds is 3. The zero-order chi connectivity index (χ0) is 13.2. The van der Waals surface area contributed by atoms with Gasteiger partial charge in [-0.2, -0.15) is 0 Å². The summed E-state index contributed by atoms with van der Waals surface area (Å²) in [7, 11) is 0. The van der Waals surface area contributed by atoms with Crippen LogP contribution in [-0.4, -0.2) is 40.0 Å². The molecule has 0 saturated heterocycles. The van der Waals surface area contributed by atoms with E-state index < -0.39 is 11.5 Å². The highest BCUT2D eigenvalue weighted by molar-refractivity contribution is 5.84. The Morgan fingerprint density at radius 2 is 1.94 bits per heavy atom. The van der Waals surface area contributed by atoms with Crippen LogP contribution >= 0.6 is 0 Å². The summed E-state index contributed by atoms with van der Waals surface area (Å²) >= 11 is 0. The summed E-state index contributed by atoms with van der Waals surface area (Å²) in [4.78, 5) is 24.6. The molecule has 1 fully saturated rings. The van der Waals surface area contributed by atoms with E-state index >= 15 is 0 Å². The van der Waals surface area contributed by atoms with E-state index in [1.165, 1.54) is 4.90 Å². The minimum atomic E-state index is -0.986. The van der Waals surface area contributed by atoms with Crippen LogP contribution in [0.15, 0.2) is 0 Å².